The van der Waals surface area contributed by atoms with Gasteiger partial charge in [0.05, 0.1) is 0 Å². The maximum absolute atomic E-state index is 3.48. The molecule has 0 nitrogen and oxygen atoms in total. The summed E-state index contributed by atoms with van der Waals surface area (Å²) in [4.78, 5) is 0. The van der Waals surface area contributed by atoms with E-state index < -0.39 is 0 Å². The molecule has 0 heterocycles. The summed E-state index contributed by atoms with van der Waals surface area (Å²) in [5.41, 5.74) is 4.27. The van der Waals surface area contributed by atoms with Crippen LogP contribution in [0.5, 0.6) is 0 Å². The first kappa shape index (κ1) is 41.1. The Bertz CT molecular complexity index is 704. The number of hydrogen-bond donors (Lipinski definition) is 0. The molecule has 0 unspecified atom stereocenters. The van der Waals surface area contributed by atoms with Crippen molar-refractivity contribution in [3.63, 3.8) is 0 Å². The maximum atomic E-state index is 3.48. The summed E-state index contributed by atoms with van der Waals surface area (Å²) in [5, 5.41) is 2.72. The van der Waals surface area contributed by atoms with E-state index in [4.69, 9.17) is 0 Å². The van der Waals surface area contributed by atoms with Crippen molar-refractivity contribution in [3.8, 4) is 0 Å². The van der Waals surface area contributed by atoms with Crippen LogP contribution in [-0.2, 0) is 32.3 Å². The molecular weight excluding hydrogens is 503 g/mol. The van der Waals surface area contributed by atoms with Crippen molar-refractivity contribution >= 4 is 16.3 Å². The van der Waals surface area contributed by atoms with Crippen molar-refractivity contribution in [1.29, 1.82) is 0 Å². The van der Waals surface area contributed by atoms with Crippen molar-refractivity contribution in [2.45, 2.75) is 19.8 Å². The van der Waals surface area contributed by atoms with Gasteiger partial charge < -0.3 is 52.0 Å². The first-order chi connectivity index (χ1) is 9.90. The quantitative estimate of drug-likeness (QED) is 0.214. The second-order valence-corrected chi connectivity index (χ2v) is 4.97. The summed E-state index contributed by atoms with van der Waals surface area (Å²) in [6.45, 7) is 2.21. The normalized spacial score (nSPS) is 8.96. The molecule has 0 aromatic heterocycles. The predicted octanol–water partition coefficient (Wildman–Crippen LogP) is 8.55. The molecule has 4 rings (SSSR count). The average molecular weight is 542 g/mol. The Morgan fingerprint density at radius 1 is 0.786 bits per heavy atom. The average Bonchev–Trinajstić information content (AvgIpc) is 3.19. The zero-order valence-electron chi connectivity index (χ0n) is 19.3. The molecule has 0 bridgehead atoms. The van der Waals surface area contributed by atoms with Gasteiger partial charge in [-0.3, -0.25) is 6.08 Å². The number of benzene rings is 2. The zero-order chi connectivity index (χ0) is 13.8. The molecule has 0 atom stereocenters. The van der Waals surface area contributed by atoms with Crippen LogP contribution in [0.25, 0.3) is 16.3 Å². The van der Waals surface area contributed by atoms with Crippen molar-refractivity contribution in [3.05, 3.63) is 136 Å². The minimum Gasteiger partial charge on any atom is -0.358 e. The minimum absolute atomic E-state index is 0. The predicted molar refractivity (Wildman–Crippen MR) is 132 cm³/mol. The molecule has 160 valence electrons. The molecule has 0 aliphatic heterocycles. The van der Waals surface area contributed by atoms with Gasteiger partial charge in [0.2, 0.25) is 0 Å². The first-order valence-corrected chi connectivity index (χ1v) is 7.17. The second kappa shape index (κ2) is 20.4. The van der Waals surface area contributed by atoms with E-state index in [0.717, 1.165) is 12.8 Å². The zero-order valence-corrected chi connectivity index (χ0v) is 22.9. The van der Waals surface area contributed by atoms with Gasteiger partial charge in [-0.2, -0.15) is 23.8 Å². The molecular formula is C27H39Hf-9. The van der Waals surface area contributed by atoms with E-state index in [1.165, 1.54) is 27.5 Å². The van der Waals surface area contributed by atoms with Gasteiger partial charge >= 0.3 is 0 Å². The van der Waals surface area contributed by atoms with E-state index in [2.05, 4.69) is 49.4 Å². The third-order valence-electron chi connectivity index (χ3n) is 3.72. The third-order valence-corrected chi connectivity index (χ3v) is 3.72. The molecule has 0 saturated heterocycles. The van der Waals surface area contributed by atoms with E-state index >= 15 is 0 Å². The molecule has 28 heavy (non-hydrogen) atoms. The maximum Gasteiger partial charge on any atom is 0 e. The summed E-state index contributed by atoms with van der Waals surface area (Å²) in [6.07, 6.45) is 5.55. The molecule has 3 aromatic rings. The molecule has 3 aromatic carbocycles. The van der Waals surface area contributed by atoms with Crippen LogP contribution in [0.2, 0.25) is 0 Å². The van der Waals surface area contributed by atoms with E-state index in [1.54, 1.807) is 0 Å². The van der Waals surface area contributed by atoms with Crippen LogP contribution in [0.4, 0.5) is 0 Å². The monoisotopic (exact) mass is 543 g/mol. The summed E-state index contributed by atoms with van der Waals surface area (Å²) in [7, 11) is 0. The van der Waals surface area contributed by atoms with Gasteiger partial charge in [-0.1, -0.05) is 55.1 Å². The van der Waals surface area contributed by atoms with Crippen LogP contribution in [0.3, 0.4) is 0 Å². The van der Waals surface area contributed by atoms with Crippen LogP contribution >= 0.6 is 0 Å². The Hall–Kier alpha value is -1.34. The van der Waals surface area contributed by atoms with Crippen molar-refractivity contribution in [2.75, 3.05) is 0 Å². The van der Waals surface area contributed by atoms with E-state index in [0.29, 0.717) is 0 Å². The van der Waals surface area contributed by atoms with Gasteiger partial charge in [-0.15, -0.1) is 12.0 Å². The SMILES string of the molecule is CCC1=[C-]Cc2ccc3ccccc3c21.[CH3-].[CH3-].[CH3-].[CH3-].[CH3-].[CH3-].[CH3-].[Hf].c1cc[cH-]c1. The number of fused-ring (bicyclic) bond motifs is 3. The topological polar surface area (TPSA) is 0 Å². The van der Waals surface area contributed by atoms with Crippen LogP contribution in [0, 0.1) is 58.1 Å². The van der Waals surface area contributed by atoms with Crippen molar-refractivity contribution in [2.24, 2.45) is 0 Å². The van der Waals surface area contributed by atoms with Gasteiger partial charge in [-0.05, 0) is 5.39 Å². The fourth-order valence-corrected chi connectivity index (χ4v) is 2.73. The third kappa shape index (κ3) is 9.24. The molecule has 0 fully saturated rings. The number of hydrogen-bond acceptors (Lipinski definition) is 0. The molecule has 0 amide bonds. The first-order valence-electron chi connectivity index (χ1n) is 7.17. The van der Waals surface area contributed by atoms with Crippen molar-refractivity contribution in [1.82, 2.24) is 0 Å². The van der Waals surface area contributed by atoms with E-state index in [9.17, 15) is 0 Å². The second-order valence-electron chi connectivity index (χ2n) is 4.97. The molecule has 0 radical (unpaired) electrons. The van der Waals surface area contributed by atoms with Gasteiger partial charge in [0.1, 0.15) is 0 Å². The largest absolute Gasteiger partial charge is 0.358 e. The van der Waals surface area contributed by atoms with Crippen molar-refractivity contribution < 1.29 is 25.8 Å². The summed E-state index contributed by atoms with van der Waals surface area (Å²) in [6, 6.07) is 23.1. The van der Waals surface area contributed by atoms with E-state index in [1.807, 2.05) is 30.3 Å². The Balaban J connectivity index is -0.0000000839. The minimum atomic E-state index is 0. The van der Waals surface area contributed by atoms with Crippen LogP contribution in [0.1, 0.15) is 24.5 Å². The summed E-state index contributed by atoms with van der Waals surface area (Å²) >= 11 is 0. The molecule has 0 N–H and O–H groups in total. The number of allylic oxidation sites excluding steroid dienone is 2. The Morgan fingerprint density at radius 2 is 1.36 bits per heavy atom. The van der Waals surface area contributed by atoms with Gasteiger partial charge in [0.25, 0.3) is 0 Å². The smallest absolute Gasteiger partial charge is 0 e. The van der Waals surface area contributed by atoms with Crippen LogP contribution in [0.15, 0.2) is 66.7 Å². The Kier molecular flexibility index (Phi) is 30.0. The fourth-order valence-electron chi connectivity index (χ4n) is 2.73. The fraction of sp³-hybridized carbons (Fsp3) is 0.111. The molecule has 0 spiro atoms. The van der Waals surface area contributed by atoms with Gasteiger partial charge in [0, 0.05) is 25.8 Å². The summed E-state index contributed by atoms with van der Waals surface area (Å²) < 4.78 is 0. The van der Waals surface area contributed by atoms with Crippen LogP contribution in [-0.4, -0.2) is 0 Å². The van der Waals surface area contributed by atoms with Crippen LogP contribution < -0.4 is 0 Å². The molecule has 1 heteroatoms. The summed E-state index contributed by atoms with van der Waals surface area (Å²) in [5.74, 6) is 0. The van der Waals surface area contributed by atoms with E-state index in [-0.39, 0.29) is 77.8 Å². The van der Waals surface area contributed by atoms with Gasteiger partial charge in [0.15, 0.2) is 0 Å². The standard InChI is InChI=1S/C15H13.C5H5.7CH3.Hf/c1-2-11-7-9-13-10-8-12-5-3-4-6-14(12)15(11)13;1-2-4-5-3-1;;;;;;;;/h3-6,8,10H,2,9H2,1H3;1-5H;7*1H3;/q9*-1;. The Labute approximate surface area is 197 Å². The molecule has 1 aliphatic rings. The number of rotatable bonds is 1. The van der Waals surface area contributed by atoms with Gasteiger partial charge in [-0.25, -0.2) is 17.7 Å². The molecule has 0 saturated carbocycles. The molecule has 1 aliphatic carbocycles. The Morgan fingerprint density at radius 3 is 1.86 bits per heavy atom.